The molecule has 4 nitrogen and oxygen atoms in total. The molecule has 1 heterocycles. The van der Waals surface area contributed by atoms with Crippen molar-refractivity contribution < 1.29 is 9.53 Å². The fraction of sp³-hybridized carbons (Fsp3) is 0.500. The Morgan fingerprint density at radius 3 is 2.80 bits per heavy atom. The molecule has 0 spiro atoms. The highest BCUT2D eigenvalue weighted by molar-refractivity contribution is 6.29. The zero-order chi connectivity index (χ0) is 11.3. The first kappa shape index (κ1) is 11.9. The Kier molecular flexibility index (Phi) is 4.49. The molecule has 1 aromatic rings. The van der Waals surface area contributed by atoms with Crippen LogP contribution in [0.2, 0.25) is 5.15 Å². The van der Waals surface area contributed by atoms with Crippen molar-refractivity contribution in [3.05, 3.63) is 23.0 Å². The van der Waals surface area contributed by atoms with Crippen molar-refractivity contribution >= 4 is 17.6 Å². The van der Waals surface area contributed by atoms with Gasteiger partial charge in [0.1, 0.15) is 0 Å². The molecule has 0 aliphatic carbocycles. The van der Waals surface area contributed by atoms with Gasteiger partial charge in [0.15, 0.2) is 10.8 Å². The molecule has 82 valence electrons. The van der Waals surface area contributed by atoms with Crippen molar-refractivity contribution in [2.24, 2.45) is 0 Å². The molecular formula is C10H13ClN2O2. The van der Waals surface area contributed by atoms with Crippen LogP contribution in [0.15, 0.2) is 12.1 Å². The summed E-state index contributed by atoms with van der Waals surface area (Å²) in [7, 11) is 0. The van der Waals surface area contributed by atoms with Gasteiger partial charge in [0.2, 0.25) is 0 Å². The van der Waals surface area contributed by atoms with Crippen molar-refractivity contribution in [2.75, 3.05) is 0 Å². The Bertz CT molecular complexity index is 327. The lowest BCUT2D eigenvalue weighted by atomic mass is 10.2. The maximum Gasteiger partial charge on any atom is 0.359 e. The van der Waals surface area contributed by atoms with E-state index in [1.165, 1.54) is 12.1 Å². The van der Waals surface area contributed by atoms with Crippen molar-refractivity contribution in [2.45, 2.75) is 32.8 Å². The van der Waals surface area contributed by atoms with Gasteiger partial charge in [-0.05, 0) is 25.5 Å². The van der Waals surface area contributed by atoms with Crippen LogP contribution in [0.25, 0.3) is 0 Å². The normalized spacial score (nSPS) is 12.2. The molecule has 1 unspecified atom stereocenters. The van der Waals surface area contributed by atoms with Crippen LogP contribution in [-0.4, -0.2) is 22.3 Å². The topological polar surface area (TPSA) is 52.1 Å². The first-order chi connectivity index (χ1) is 7.13. The van der Waals surface area contributed by atoms with Crippen molar-refractivity contribution in [1.29, 1.82) is 0 Å². The predicted octanol–water partition coefficient (Wildman–Crippen LogP) is 2.48. The minimum atomic E-state index is -0.458. The van der Waals surface area contributed by atoms with E-state index in [0.29, 0.717) is 0 Å². The van der Waals surface area contributed by atoms with Gasteiger partial charge in [-0.15, -0.1) is 10.2 Å². The van der Waals surface area contributed by atoms with E-state index in [-0.39, 0.29) is 17.0 Å². The molecule has 5 heteroatoms. The first-order valence-electron chi connectivity index (χ1n) is 4.83. The number of rotatable bonds is 4. The molecule has 0 saturated heterocycles. The summed E-state index contributed by atoms with van der Waals surface area (Å²) < 4.78 is 5.13. The Hall–Kier alpha value is -1.16. The smallest absolute Gasteiger partial charge is 0.359 e. The van der Waals surface area contributed by atoms with Gasteiger partial charge >= 0.3 is 5.97 Å². The number of esters is 1. The molecular weight excluding hydrogens is 216 g/mol. The molecule has 15 heavy (non-hydrogen) atoms. The molecule has 0 saturated carbocycles. The monoisotopic (exact) mass is 228 g/mol. The minimum absolute atomic E-state index is 0.0972. The highest BCUT2D eigenvalue weighted by Gasteiger charge is 2.12. The molecule has 0 aromatic carbocycles. The van der Waals surface area contributed by atoms with Crippen molar-refractivity contribution in [1.82, 2.24) is 10.2 Å². The Morgan fingerprint density at radius 2 is 2.27 bits per heavy atom. The maximum absolute atomic E-state index is 11.5. The molecule has 0 N–H and O–H groups in total. The van der Waals surface area contributed by atoms with E-state index < -0.39 is 5.97 Å². The van der Waals surface area contributed by atoms with Crippen molar-refractivity contribution in [3.63, 3.8) is 0 Å². The zero-order valence-corrected chi connectivity index (χ0v) is 9.49. The second-order valence-corrected chi connectivity index (χ2v) is 3.63. The molecule has 0 aliphatic heterocycles. The van der Waals surface area contributed by atoms with E-state index in [4.69, 9.17) is 16.3 Å². The van der Waals surface area contributed by atoms with Crippen LogP contribution in [0.3, 0.4) is 0 Å². The van der Waals surface area contributed by atoms with E-state index in [0.717, 1.165) is 12.8 Å². The van der Waals surface area contributed by atoms with Gasteiger partial charge in [0, 0.05) is 0 Å². The Labute approximate surface area is 93.6 Å². The van der Waals surface area contributed by atoms with Crippen LogP contribution in [0, 0.1) is 0 Å². The second-order valence-electron chi connectivity index (χ2n) is 3.25. The Morgan fingerprint density at radius 1 is 1.53 bits per heavy atom. The van der Waals surface area contributed by atoms with E-state index >= 15 is 0 Å². The third kappa shape index (κ3) is 3.83. The number of carbonyl (C=O) groups is 1. The first-order valence-corrected chi connectivity index (χ1v) is 5.21. The van der Waals surface area contributed by atoms with Crippen molar-refractivity contribution in [3.8, 4) is 0 Å². The summed E-state index contributed by atoms with van der Waals surface area (Å²) in [6.45, 7) is 3.89. The van der Waals surface area contributed by atoms with E-state index in [2.05, 4.69) is 10.2 Å². The maximum atomic E-state index is 11.5. The minimum Gasteiger partial charge on any atom is -0.458 e. The quantitative estimate of drug-likeness (QED) is 0.743. The van der Waals surface area contributed by atoms with Gasteiger partial charge < -0.3 is 4.74 Å². The lowest BCUT2D eigenvalue weighted by Crippen LogP contribution is -2.16. The number of nitrogens with zero attached hydrogens (tertiary/aromatic N) is 2. The Balaban J connectivity index is 2.57. The molecule has 0 radical (unpaired) electrons. The summed E-state index contributed by atoms with van der Waals surface area (Å²) in [6.07, 6.45) is 1.72. The van der Waals surface area contributed by atoms with Gasteiger partial charge in [-0.2, -0.15) is 0 Å². The van der Waals surface area contributed by atoms with Crippen LogP contribution in [0.1, 0.15) is 37.2 Å². The van der Waals surface area contributed by atoms with Crippen LogP contribution >= 0.6 is 11.6 Å². The molecule has 1 atom stereocenters. The average Bonchev–Trinajstić information content (AvgIpc) is 2.18. The van der Waals surface area contributed by atoms with Gasteiger partial charge in [0.25, 0.3) is 0 Å². The van der Waals surface area contributed by atoms with Gasteiger partial charge in [-0.25, -0.2) is 4.79 Å². The number of hydrogen-bond acceptors (Lipinski definition) is 4. The molecule has 1 rings (SSSR count). The summed E-state index contributed by atoms with van der Waals surface area (Å²) in [5, 5.41) is 7.46. The zero-order valence-electron chi connectivity index (χ0n) is 8.74. The van der Waals surface area contributed by atoms with E-state index in [1.807, 2.05) is 13.8 Å². The predicted molar refractivity (Wildman–Crippen MR) is 56.8 cm³/mol. The third-order valence-electron chi connectivity index (χ3n) is 1.84. The number of ether oxygens (including phenoxy) is 1. The number of hydrogen-bond donors (Lipinski definition) is 0. The molecule has 0 aliphatic rings. The summed E-state index contributed by atoms with van der Waals surface area (Å²) in [5.41, 5.74) is 0.183. The molecule has 0 bridgehead atoms. The van der Waals surface area contributed by atoms with Crippen LogP contribution in [0.5, 0.6) is 0 Å². The van der Waals surface area contributed by atoms with Crippen LogP contribution < -0.4 is 0 Å². The number of halogens is 1. The summed E-state index contributed by atoms with van der Waals surface area (Å²) in [6, 6.07) is 3.01. The fourth-order valence-corrected chi connectivity index (χ4v) is 1.23. The van der Waals surface area contributed by atoms with Gasteiger partial charge in [-0.3, -0.25) is 0 Å². The SMILES string of the molecule is CCCC(C)OC(=O)c1ccc(Cl)nn1. The van der Waals surface area contributed by atoms with Gasteiger partial charge in [-0.1, -0.05) is 24.9 Å². The second kappa shape index (κ2) is 5.66. The number of aromatic nitrogens is 2. The third-order valence-corrected chi connectivity index (χ3v) is 2.05. The lowest BCUT2D eigenvalue weighted by molar-refractivity contribution is 0.0315. The summed E-state index contributed by atoms with van der Waals surface area (Å²) >= 11 is 5.55. The summed E-state index contributed by atoms with van der Waals surface area (Å²) in [4.78, 5) is 11.5. The van der Waals surface area contributed by atoms with Gasteiger partial charge in [0.05, 0.1) is 6.10 Å². The highest BCUT2D eigenvalue weighted by atomic mass is 35.5. The van der Waals surface area contributed by atoms with Crippen LogP contribution in [-0.2, 0) is 4.74 Å². The number of carbonyl (C=O) groups excluding carboxylic acids is 1. The van der Waals surface area contributed by atoms with Crippen LogP contribution in [0.4, 0.5) is 0 Å². The highest BCUT2D eigenvalue weighted by Crippen LogP contribution is 2.07. The molecule has 0 fully saturated rings. The van der Waals surface area contributed by atoms with E-state index in [1.54, 1.807) is 0 Å². The van der Waals surface area contributed by atoms with E-state index in [9.17, 15) is 4.79 Å². The average molecular weight is 229 g/mol. The fourth-order valence-electron chi connectivity index (χ4n) is 1.13. The largest absolute Gasteiger partial charge is 0.458 e. The lowest BCUT2D eigenvalue weighted by Gasteiger charge is -2.10. The molecule has 1 aromatic heterocycles. The standard InChI is InChI=1S/C10H13ClN2O2/c1-3-4-7(2)15-10(14)8-5-6-9(11)13-12-8/h5-7H,3-4H2,1-2H3. The summed E-state index contributed by atoms with van der Waals surface area (Å²) in [5.74, 6) is -0.458. The molecule has 0 amide bonds.